The van der Waals surface area contributed by atoms with Crippen LogP contribution >= 0.6 is 11.3 Å². The van der Waals surface area contributed by atoms with Crippen LogP contribution in [0.4, 0.5) is 9.18 Å². The number of hydrogen-bond acceptors (Lipinski definition) is 7. The molecule has 4 rings (SSSR count). The lowest BCUT2D eigenvalue weighted by atomic mass is 10.0. The lowest BCUT2D eigenvalue weighted by Gasteiger charge is -2.13. The van der Waals surface area contributed by atoms with E-state index >= 15 is 0 Å². The van der Waals surface area contributed by atoms with Gasteiger partial charge >= 0.3 is 12.1 Å². The average Bonchev–Trinajstić information content (AvgIpc) is 3.34. The van der Waals surface area contributed by atoms with Gasteiger partial charge in [0, 0.05) is 22.7 Å². The van der Waals surface area contributed by atoms with E-state index in [0.717, 1.165) is 10.4 Å². The van der Waals surface area contributed by atoms with Gasteiger partial charge < -0.3 is 19.6 Å². The minimum atomic E-state index is -1.25. The first-order chi connectivity index (χ1) is 14.8. The highest BCUT2D eigenvalue weighted by Gasteiger charge is 2.27. The summed E-state index contributed by atoms with van der Waals surface area (Å²) in [4.78, 5) is 28.9. The highest BCUT2D eigenvalue weighted by molar-refractivity contribution is 7.13. The molecule has 0 unspecified atom stereocenters. The summed E-state index contributed by atoms with van der Waals surface area (Å²) in [7, 11) is 0. The maximum atomic E-state index is 13.4. The second-order valence-corrected chi connectivity index (χ2v) is 7.78. The molecule has 7 nitrogen and oxygen atoms in total. The molecule has 0 aliphatic rings. The molecule has 0 atom stereocenters. The van der Waals surface area contributed by atoms with E-state index in [4.69, 9.17) is 14.9 Å². The van der Waals surface area contributed by atoms with Crippen LogP contribution in [0.3, 0.4) is 0 Å². The van der Waals surface area contributed by atoms with Gasteiger partial charge in [0.1, 0.15) is 28.5 Å². The van der Waals surface area contributed by atoms with Crippen molar-refractivity contribution in [2.24, 2.45) is 5.73 Å². The summed E-state index contributed by atoms with van der Waals surface area (Å²) in [6, 6.07) is 8.78. The number of fused-ring (bicyclic) bond motifs is 1. The van der Waals surface area contributed by atoms with Gasteiger partial charge in [-0.05, 0) is 50.2 Å². The van der Waals surface area contributed by atoms with Crippen LogP contribution in [0, 0.1) is 5.82 Å². The lowest BCUT2D eigenvalue weighted by Crippen LogP contribution is -2.18. The van der Waals surface area contributed by atoms with Crippen molar-refractivity contribution in [2.45, 2.75) is 20.0 Å². The maximum absolute atomic E-state index is 13.4. The fraction of sp³-hybridized carbons (Fsp3) is 0.136. The van der Waals surface area contributed by atoms with Gasteiger partial charge in [0.15, 0.2) is 0 Å². The number of rotatable bonds is 5. The number of amides is 1. The Hall–Kier alpha value is -3.72. The summed E-state index contributed by atoms with van der Waals surface area (Å²) in [6.45, 7) is 3.75. The van der Waals surface area contributed by atoms with Gasteiger partial charge in [0.2, 0.25) is 0 Å². The Labute approximate surface area is 180 Å². The normalized spacial score (nSPS) is 11.1. The van der Waals surface area contributed by atoms with Crippen LogP contribution in [-0.4, -0.2) is 23.2 Å². The number of carbonyl (C=O) groups excluding carboxylic acids is 2. The number of furan rings is 1. The SMILES string of the molecule is CC(C)Oc1cc2c(C(=O)OC(N)=O)c(-c3ccc(F)cc3)oc2cc1-c1cncs1. The first-order valence-corrected chi connectivity index (χ1v) is 10.1. The quantitative estimate of drug-likeness (QED) is 0.330. The molecule has 0 aliphatic carbocycles. The molecule has 158 valence electrons. The molecule has 0 saturated carbocycles. The van der Waals surface area contributed by atoms with Gasteiger partial charge in [-0.2, -0.15) is 0 Å². The Kier molecular flexibility index (Phi) is 5.43. The first kappa shape index (κ1) is 20.5. The van der Waals surface area contributed by atoms with Crippen molar-refractivity contribution < 1.29 is 27.9 Å². The fourth-order valence-corrected chi connectivity index (χ4v) is 3.81. The molecule has 31 heavy (non-hydrogen) atoms. The van der Waals surface area contributed by atoms with Crippen molar-refractivity contribution >= 4 is 34.4 Å². The minimum Gasteiger partial charge on any atom is -0.490 e. The van der Waals surface area contributed by atoms with Crippen LogP contribution in [0.25, 0.3) is 32.7 Å². The summed E-state index contributed by atoms with van der Waals surface area (Å²) in [5.41, 5.74) is 8.25. The third-order valence-corrected chi connectivity index (χ3v) is 5.16. The van der Waals surface area contributed by atoms with Crippen LogP contribution in [0.15, 0.2) is 52.5 Å². The zero-order valence-electron chi connectivity index (χ0n) is 16.5. The topological polar surface area (TPSA) is 105 Å². The van der Waals surface area contributed by atoms with E-state index in [1.54, 1.807) is 23.8 Å². The molecule has 2 N–H and O–H groups in total. The number of esters is 1. The van der Waals surface area contributed by atoms with E-state index in [9.17, 15) is 14.0 Å². The molecular weight excluding hydrogens is 423 g/mol. The van der Waals surface area contributed by atoms with Crippen molar-refractivity contribution in [1.29, 1.82) is 0 Å². The van der Waals surface area contributed by atoms with Crippen LogP contribution in [0.5, 0.6) is 5.75 Å². The monoisotopic (exact) mass is 440 g/mol. The largest absolute Gasteiger partial charge is 0.490 e. The van der Waals surface area contributed by atoms with E-state index < -0.39 is 17.9 Å². The third-order valence-electron chi connectivity index (χ3n) is 4.35. The molecule has 4 aromatic rings. The molecule has 0 aliphatic heterocycles. The predicted molar refractivity (Wildman–Crippen MR) is 113 cm³/mol. The molecule has 0 spiro atoms. The Balaban J connectivity index is 1.99. The van der Waals surface area contributed by atoms with Gasteiger partial charge in [-0.1, -0.05) is 0 Å². The molecule has 0 radical (unpaired) electrons. The number of hydrogen-bond donors (Lipinski definition) is 1. The number of primary amides is 1. The van der Waals surface area contributed by atoms with Crippen LogP contribution in [-0.2, 0) is 4.74 Å². The number of halogens is 1. The van der Waals surface area contributed by atoms with Crippen molar-refractivity contribution in [1.82, 2.24) is 4.98 Å². The third kappa shape index (κ3) is 4.13. The number of ether oxygens (including phenoxy) is 2. The predicted octanol–water partition coefficient (Wildman–Crippen LogP) is 5.39. The molecule has 2 heterocycles. The Bertz CT molecular complexity index is 1260. The van der Waals surface area contributed by atoms with Crippen LogP contribution in [0.2, 0.25) is 0 Å². The van der Waals surface area contributed by atoms with E-state index in [0.29, 0.717) is 22.3 Å². The molecule has 1 amide bonds. The van der Waals surface area contributed by atoms with Crippen molar-refractivity contribution in [3.8, 4) is 27.5 Å². The zero-order chi connectivity index (χ0) is 22.1. The van der Waals surface area contributed by atoms with E-state index in [-0.39, 0.29) is 17.4 Å². The smallest absolute Gasteiger partial charge is 0.412 e. The number of nitrogens with two attached hydrogens (primary N) is 1. The molecule has 2 aromatic heterocycles. The van der Waals surface area contributed by atoms with Crippen molar-refractivity contribution in [3.63, 3.8) is 0 Å². The molecular formula is C22H17FN2O5S. The highest BCUT2D eigenvalue weighted by atomic mass is 32.1. The summed E-state index contributed by atoms with van der Waals surface area (Å²) >= 11 is 1.42. The number of carbonyl (C=O) groups is 2. The number of benzene rings is 2. The molecule has 0 saturated heterocycles. The molecule has 0 bridgehead atoms. The Morgan fingerprint density at radius 3 is 2.55 bits per heavy atom. The fourth-order valence-electron chi connectivity index (χ4n) is 3.17. The minimum absolute atomic E-state index is 0.00938. The van der Waals surface area contributed by atoms with E-state index in [1.807, 2.05) is 13.8 Å². The van der Waals surface area contributed by atoms with Crippen LogP contribution in [0.1, 0.15) is 24.2 Å². The first-order valence-electron chi connectivity index (χ1n) is 9.27. The van der Waals surface area contributed by atoms with Crippen LogP contribution < -0.4 is 10.5 Å². The standard InChI is InChI=1S/C22H17FN2O5S/c1-11(2)28-16-8-15-17(7-14(16)18-9-25-10-31-18)29-20(12-3-5-13(23)6-4-12)19(15)21(26)30-22(24)27/h3-11H,1-2H3,(H2,24,27). The van der Waals surface area contributed by atoms with Gasteiger partial charge in [-0.25, -0.2) is 14.0 Å². The Morgan fingerprint density at radius 1 is 1.19 bits per heavy atom. The van der Waals surface area contributed by atoms with E-state index in [1.165, 1.54) is 35.6 Å². The number of thiazole rings is 1. The molecule has 2 aromatic carbocycles. The Morgan fingerprint density at radius 2 is 1.94 bits per heavy atom. The van der Waals surface area contributed by atoms with E-state index in [2.05, 4.69) is 9.72 Å². The van der Waals surface area contributed by atoms with Gasteiger partial charge in [0.25, 0.3) is 0 Å². The summed E-state index contributed by atoms with van der Waals surface area (Å²) in [6.07, 6.45) is 0.309. The second-order valence-electron chi connectivity index (χ2n) is 6.90. The summed E-state index contributed by atoms with van der Waals surface area (Å²) < 4.78 is 30.0. The summed E-state index contributed by atoms with van der Waals surface area (Å²) in [5.74, 6) is -0.794. The van der Waals surface area contributed by atoms with Crippen molar-refractivity contribution in [2.75, 3.05) is 0 Å². The van der Waals surface area contributed by atoms with Gasteiger partial charge in [0.05, 0.1) is 16.5 Å². The van der Waals surface area contributed by atoms with Gasteiger partial charge in [-0.3, -0.25) is 4.98 Å². The average molecular weight is 440 g/mol. The second kappa shape index (κ2) is 8.19. The highest BCUT2D eigenvalue weighted by Crippen LogP contribution is 2.42. The maximum Gasteiger partial charge on any atom is 0.412 e. The molecule has 0 fully saturated rings. The number of aromatic nitrogens is 1. The lowest BCUT2D eigenvalue weighted by molar-refractivity contribution is 0.0640. The van der Waals surface area contributed by atoms with Crippen molar-refractivity contribution in [3.05, 3.63) is 59.5 Å². The number of nitrogens with zero attached hydrogens (tertiary/aromatic N) is 1. The zero-order valence-corrected chi connectivity index (χ0v) is 17.4. The summed E-state index contributed by atoms with van der Waals surface area (Å²) in [5, 5.41) is 0.370. The molecule has 9 heteroatoms. The van der Waals surface area contributed by atoms with Gasteiger partial charge in [-0.15, -0.1) is 11.3 Å².